The second-order valence-electron chi connectivity index (χ2n) is 7.55. The number of anilines is 1. The third-order valence-electron chi connectivity index (χ3n) is 4.00. The Morgan fingerprint density at radius 1 is 1.14 bits per heavy atom. The van der Waals surface area contributed by atoms with Crippen LogP contribution in [0.5, 0.6) is 0 Å². The number of carbonyl (C=O) groups is 2. The van der Waals surface area contributed by atoms with Crippen molar-refractivity contribution in [1.82, 2.24) is 15.5 Å². The summed E-state index contributed by atoms with van der Waals surface area (Å²) in [5, 5.41) is 13.3. The first-order valence-corrected chi connectivity index (χ1v) is 9.07. The lowest BCUT2D eigenvalue weighted by Gasteiger charge is -2.23. The van der Waals surface area contributed by atoms with Gasteiger partial charge in [-0.05, 0) is 44.5 Å². The lowest BCUT2D eigenvalue weighted by molar-refractivity contribution is -0.118. The van der Waals surface area contributed by atoms with E-state index in [4.69, 9.17) is 4.74 Å². The molecule has 0 aliphatic heterocycles. The van der Waals surface area contributed by atoms with Crippen molar-refractivity contribution >= 4 is 28.6 Å². The number of hydrogen-bond donors (Lipinski definition) is 3. The normalized spacial score (nSPS) is 12.4. The fraction of sp³-hybridized carbons (Fsp3) is 0.286. The minimum atomic E-state index is -0.780. The Morgan fingerprint density at radius 2 is 1.89 bits per heavy atom. The van der Waals surface area contributed by atoms with Gasteiger partial charge in [0, 0.05) is 17.5 Å². The van der Waals surface area contributed by atoms with Crippen LogP contribution in [-0.2, 0) is 16.0 Å². The molecule has 28 heavy (non-hydrogen) atoms. The van der Waals surface area contributed by atoms with Crippen LogP contribution in [0.4, 0.5) is 10.5 Å². The maximum absolute atomic E-state index is 12.9. The zero-order valence-electron chi connectivity index (χ0n) is 16.2. The van der Waals surface area contributed by atoms with Gasteiger partial charge in [-0.3, -0.25) is 9.89 Å². The number of alkyl carbamates (subject to hydrolysis) is 1. The summed E-state index contributed by atoms with van der Waals surface area (Å²) >= 11 is 0. The number of carbonyl (C=O) groups excluding carboxylic acids is 2. The Balaban J connectivity index is 1.75. The molecule has 1 heterocycles. The largest absolute Gasteiger partial charge is 0.444 e. The Bertz CT molecular complexity index is 960. The van der Waals surface area contributed by atoms with E-state index in [2.05, 4.69) is 20.8 Å². The molecule has 3 aromatic rings. The Morgan fingerprint density at radius 3 is 2.61 bits per heavy atom. The molecule has 0 spiro atoms. The molecule has 0 bridgehead atoms. The number of nitrogens with one attached hydrogen (secondary N) is 3. The highest BCUT2D eigenvalue weighted by atomic mass is 16.6. The Labute approximate surface area is 163 Å². The predicted octanol–water partition coefficient (Wildman–Crippen LogP) is 3.64. The summed E-state index contributed by atoms with van der Waals surface area (Å²) < 4.78 is 5.31. The van der Waals surface area contributed by atoms with Crippen molar-refractivity contribution in [2.24, 2.45) is 0 Å². The summed E-state index contributed by atoms with van der Waals surface area (Å²) in [4.78, 5) is 25.1. The molecule has 3 N–H and O–H groups in total. The predicted molar refractivity (Wildman–Crippen MR) is 108 cm³/mol. The molecule has 1 unspecified atom stereocenters. The van der Waals surface area contributed by atoms with E-state index in [1.807, 2.05) is 42.5 Å². The second-order valence-corrected chi connectivity index (χ2v) is 7.55. The molecule has 7 heteroatoms. The molecule has 0 saturated heterocycles. The first-order valence-electron chi connectivity index (χ1n) is 9.07. The van der Waals surface area contributed by atoms with Crippen LogP contribution in [0.1, 0.15) is 26.3 Å². The highest BCUT2D eigenvalue weighted by Gasteiger charge is 2.25. The third-order valence-corrected chi connectivity index (χ3v) is 4.00. The molecule has 1 aromatic heterocycles. The number of aromatic amines is 1. The Hall–Kier alpha value is -3.35. The van der Waals surface area contributed by atoms with E-state index in [0.29, 0.717) is 12.1 Å². The van der Waals surface area contributed by atoms with Crippen molar-refractivity contribution < 1.29 is 14.3 Å². The van der Waals surface area contributed by atoms with Gasteiger partial charge in [0.05, 0.1) is 11.7 Å². The van der Waals surface area contributed by atoms with Crippen LogP contribution in [0.2, 0.25) is 0 Å². The first kappa shape index (κ1) is 19.4. The van der Waals surface area contributed by atoms with Crippen LogP contribution in [-0.4, -0.2) is 33.8 Å². The molecule has 3 rings (SSSR count). The van der Waals surface area contributed by atoms with Gasteiger partial charge in [0.1, 0.15) is 11.6 Å². The van der Waals surface area contributed by atoms with Gasteiger partial charge >= 0.3 is 6.09 Å². The van der Waals surface area contributed by atoms with Crippen LogP contribution >= 0.6 is 0 Å². The van der Waals surface area contributed by atoms with E-state index >= 15 is 0 Å². The van der Waals surface area contributed by atoms with E-state index in [1.54, 1.807) is 33.0 Å². The van der Waals surface area contributed by atoms with Gasteiger partial charge in [-0.1, -0.05) is 30.3 Å². The van der Waals surface area contributed by atoms with Gasteiger partial charge in [0.15, 0.2) is 0 Å². The molecule has 2 aromatic carbocycles. The average Bonchev–Trinajstić information content (AvgIpc) is 3.08. The third kappa shape index (κ3) is 5.33. The monoisotopic (exact) mass is 380 g/mol. The van der Waals surface area contributed by atoms with E-state index in [1.165, 1.54) is 0 Å². The molecule has 0 aliphatic carbocycles. The van der Waals surface area contributed by atoms with Crippen LogP contribution in [0.25, 0.3) is 10.9 Å². The van der Waals surface area contributed by atoms with Crippen molar-refractivity contribution in [3.63, 3.8) is 0 Å². The molecular formula is C21H24N4O3. The number of rotatable bonds is 5. The van der Waals surface area contributed by atoms with E-state index < -0.39 is 17.7 Å². The number of aromatic nitrogens is 2. The summed E-state index contributed by atoms with van der Waals surface area (Å²) in [6.07, 6.45) is 1.40. The highest BCUT2D eigenvalue weighted by molar-refractivity contribution is 5.98. The summed E-state index contributed by atoms with van der Waals surface area (Å²) in [7, 11) is 0. The van der Waals surface area contributed by atoms with Gasteiger partial charge in [-0.25, -0.2) is 4.79 Å². The number of fused-ring (bicyclic) bond motifs is 1. The minimum absolute atomic E-state index is 0.322. The van der Waals surface area contributed by atoms with Crippen molar-refractivity contribution in [2.45, 2.75) is 38.8 Å². The smallest absolute Gasteiger partial charge is 0.408 e. The maximum Gasteiger partial charge on any atom is 0.408 e. The molecule has 1 atom stereocenters. The molecule has 0 aliphatic rings. The van der Waals surface area contributed by atoms with Crippen molar-refractivity contribution in [3.05, 3.63) is 60.3 Å². The number of nitrogens with zero attached hydrogens (tertiary/aromatic N) is 1. The number of amides is 2. The lowest BCUT2D eigenvalue weighted by atomic mass is 10.1. The van der Waals surface area contributed by atoms with Gasteiger partial charge in [-0.15, -0.1) is 0 Å². The van der Waals surface area contributed by atoms with Gasteiger partial charge < -0.3 is 15.4 Å². The van der Waals surface area contributed by atoms with E-state index in [9.17, 15) is 9.59 Å². The van der Waals surface area contributed by atoms with Gasteiger partial charge in [0.25, 0.3) is 0 Å². The minimum Gasteiger partial charge on any atom is -0.444 e. The molecule has 2 amide bonds. The number of ether oxygens (including phenoxy) is 1. The summed E-state index contributed by atoms with van der Waals surface area (Å²) in [5.41, 5.74) is 1.79. The van der Waals surface area contributed by atoms with Crippen LogP contribution < -0.4 is 10.6 Å². The van der Waals surface area contributed by atoms with Crippen LogP contribution in [0.3, 0.4) is 0 Å². The highest BCUT2D eigenvalue weighted by Crippen LogP contribution is 2.17. The fourth-order valence-corrected chi connectivity index (χ4v) is 2.76. The van der Waals surface area contributed by atoms with Crippen LogP contribution in [0, 0.1) is 0 Å². The molecule has 0 saturated carbocycles. The summed E-state index contributed by atoms with van der Waals surface area (Å²) in [5.74, 6) is -0.322. The number of hydrogen-bond acceptors (Lipinski definition) is 4. The van der Waals surface area contributed by atoms with Gasteiger partial charge in [-0.2, -0.15) is 5.10 Å². The topological polar surface area (TPSA) is 96.1 Å². The first-order chi connectivity index (χ1) is 13.3. The fourth-order valence-electron chi connectivity index (χ4n) is 2.76. The number of H-pyrrole nitrogens is 1. The zero-order valence-corrected chi connectivity index (χ0v) is 16.2. The molecule has 7 nitrogen and oxygen atoms in total. The zero-order chi connectivity index (χ0) is 20.1. The quantitative estimate of drug-likeness (QED) is 0.630. The van der Waals surface area contributed by atoms with Crippen molar-refractivity contribution in [1.29, 1.82) is 0 Å². The SMILES string of the molecule is CC(C)(C)OC(=O)NC(Cc1ccccc1)C(=O)Nc1ccc2[nH]ncc2c1. The standard InChI is InChI=1S/C21H24N4O3/c1-21(2,3)28-20(27)24-18(11-14-7-5-4-6-8-14)19(26)23-16-9-10-17-15(12-16)13-22-25-17/h4-10,12-13,18H,11H2,1-3H3,(H,22,25)(H,23,26)(H,24,27). The maximum atomic E-state index is 12.9. The Kier molecular flexibility index (Phi) is 5.63. The lowest BCUT2D eigenvalue weighted by Crippen LogP contribution is -2.47. The molecule has 0 radical (unpaired) electrons. The van der Waals surface area contributed by atoms with E-state index in [0.717, 1.165) is 16.5 Å². The van der Waals surface area contributed by atoms with Gasteiger partial charge in [0.2, 0.25) is 5.91 Å². The summed E-state index contributed by atoms with van der Waals surface area (Å²) in [6.45, 7) is 5.33. The van der Waals surface area contributed by atoms with Crippen molar-refractivity contribution in [3.8, 4) is 0 Å². The molecule has 146 valence electrons. The molecular weight excluding hydrogens is 356 g/mol. The molecule has 0 fully saturated rings. The summed E-state index contributed by atoms with van der Waals surface area (Å²) in [6, 6.07) is 14.2. The second kappa shape index (κ2) is 8.12. The average molecular weight is 380 g/mol. The number of benzene rings is 2. The van der Waals surface area contributed by atoms with Crippen molar-refractivity contribution in [2.75, 3.05) is 5.32 Å². The van der Waals surface area contributed by atoms with Crippen LogP contribution in [0.15, 0.2) is 54.7 Å². The van der Waals surface area contributed by atoms with E-state index in [-0.39, 0.29) is 5.91 Å².